The summed E-state index contributed by atoms with van der Waals surface area (Å²) < 4.78 is 17.0. The Balaban J connectivity index is 2.37. The lowest BCUT2D eigenvalue weighted by Crippen LogP contribution is -2.29. The van der Waals surface area contributed by atoms with Crippen molar-refractivity contribution in [3.8, 4) is 0 Å². The van der Waals surface area contributed by atoms with E-state index in [-0.39, 0.29) is 4.75 Å². The van der Waals surface area contributed by atoms with Crippen LogP contribution in [0.3, 0.4) is 0 Å². The monoisotopic (exact) mass is 216 g/mol. The van der Waals surface area contributed by atoms with E-state index in [2.05, 4.69) is 13.5 Å². The van der Waals surface area contributed by atoms with Gasteiger partial charge in [0.1, 0.15) is 0 Å². The van der Waals surface area contributed by atoms with Gasteiger partial charge >= 0.3 is 0 Å². The van der Waals surface area contributed by atoms with E-state index in [4.69, 9.17) is 4.74 Å². The van der Waals surface area contributed by atoms with Crippen LogP contribution in [0.4, 0.5) is 0 Å². The molecule has 1 aliphatic heterocycles. The second-order valence-corrected chi connectivity index (χ2v) is 5.80. The third-order valence-corrected chi connectivity index (χ3v) is 5.42. The molecule has 0 amide bonds. The molecule has 0 aromatic heterocycles. The van der Waals surface area contributed by atoms with Crippen LogP contribution in [0.5, 0.6) is 0 Å². The second kappa shape index (κ2) is 5.54. The molecule has 0 aromatic carbocycles. The van der Waals surface area contributed by atoms with Gasteiger partial charge in [0.2, 0.25) is 0 Å². The van der Waals surface area contributed by atoms with Crippen LogP contribution in [0.25, 0.3) is 0 Å². The Kier molecular flexibility index (Phi) is 4.66. The minimum atomic E-state index is -0.606. The van der Waals surface area contributed by atoms with Crippen molar-refractivity contribution in [3.05, 3.63) is 12.8 Å². The highest BCUT2D eigenvalue weighted by atomic mass is 32.2. The molecule has 0 spiro atoms. The van der Waals surface area contributed by atoms with Gasteiger partial charge in [-0.15, -0.1) is 0 Å². The maximum absolute atomic E-state index is 11.8. The van der Waals surface area contributed by atoms with E-state index in [0.717, 1.165) is 37.9 Å². The van der Waals surface area contributed by atoms with E-state index in [1.165, 1.54) is 6.26 Å². The SMILES string of the molecule is C=COCCCC1(CC)CCCS1=O. The van der Waals surface area contributed by atoms with Crippen molar-refractivity contribution in [2.45, 2.75) is 43.8 Å². The van der Waals surface area contributed by atoms with Crippen molar-refractivity contribution < 1.29 is 8.95 Å². The summed E-state index contributed by atoms with van der Waals surface area (Å²) in [6.07, 6.45) is 6.79. The van der Waals surface area contributed by atoms with E-state index in [1.54, 1.807) is 0 Å². The van der Waals surface area contributed by atoms with Gasteiger partial charge in [-0.25, -0.2) is 0 Å². The molecule has 3 heteroatoms. The molecular formula is C11H20O2S. The Hall–Kier alpha value is -0.310. The predicted molar refractivity (Wildman–Crippen MR) is 60.6 cm³/mol. The van der Waals surface area contributed by atoms with Crippen LogP contribution in [0.1, 0.15) is 39.0 Å². The molecule has 1 heterocycles. The first-order valence-corrected chi connectivity index (χ1v) is 6.68. The van der Waals surface area contributed by atoms with E-state index >= 15 is 0 Å². The molecule has 1 aliphatic rings. The van der Waals surface area contributed by atoms with E-state index in [0.29, 0.717) is 6.61 Å². The van der Waals surface area contributed by atoms with Crippen LogP contribution >= 0.6 is 0 Å². The van der Waals surface area contributed by atoms with Gasteiger partial charge in [0.25, 0.3) is 0 Å². The van der Waals surface area contributed by atoms with Crippen LogP contribution in [0.15, 0.2) is 12.8 Å². The fourth-order valence-electron chi connectivity index (χ4n) is 2.17. The summed E-state index contributed by atoms with van der Waals surface area (Å²) in [4.78, 5) is 0. The van der Waals surface area contributed by atoms with Gasteiger partial charge in [0.05, 0.1) is 12.9 Å². The molecule has 0 N–H and O–H groups in total. The average Bonchev–Trinajstić information content (AvgIpc) is 2.56. The quantitative estimate of drug-likeness (QED) is 0.504. The molecule has 2 atom stereocenters. The highest BCUT2D eigenvalue weighted by Gasteiger charge is 2.38. The van der Waals surface area contributed by atoms with E-state index in [1.807, 2.05) is 0 Å². The zero-order valence-corrected chi connectivity index (χ0v) is 9.78. The highest BCUT2D eigenvalue weighted by molar-refractivity contribution is 7.86. The summed E-state index contributed by atoms with van der Waals surface area (Å²) >= 11 is 0. The summed E-state index contributed by atoms with van der Waals surface area (Å²) in [6.45, 7) is 6.36. The van der Waals surface area contributed by atoms with Crippen LogP contribution < -0.4 is 0 Å². The second-order valence-electron chi connectivity index (χ2n) is 3.83. The van der Waals surface area contributed by atoms with Gasteiger partial charge in [-0.05, 0) is 32.1 Å². The Morgan fingerprint density at radius 2 is 2.43 bits per heavy atom. The number of hydrogen-bond donors (Lipinski definition) is 0. The molecule has 1 fully saturated rings. The zero-order chi connectivity index (χ0) is 10.4. The van der Waals surface area contributed by atoms with Gasteiger partial charge in [-0.1, -0.05) is 13.5 Å². The minimum Gasteiger partial charge on any atom is -0.502 e. The van der Waals surface area contributed by atoms with Gasteiger partial charge < -0.3 is 4.74 Å². The van der Waals surface area contributed by atoms with Crippen LogP contribution in [0.2, 0.25) is 0 Å². The van der Waals surface area contributed by atoms with Crippen molar-refractivity contribution in [1.29, 1.82) is 0 Å². The first-order valence-electron chi connectivity index (χ1n) is 5.36. The van der Waals surface area contributed by atoms with Crippen LogP contribution in [0, 0.1) is 0 Å². The van der Waals surface area contributed by atoms with Gasteiger partial charge in [-0.2, -0.15) is 0 Å². The fraction of sp³-hybridized carbons (Fsp3) is 0.818. The molecule has 0 radical (unpaired) electrons. The smallest absolute Gasteiger partial charge is 0.0873 e. The first kappa shape index (κ1) is 11.8. The maximum atomic E-state index is 11.8. The third-order valence-electron chi connectivity index (χ3n) is 3.10. The molecule has 0 saturated carbocycles. The molecule has 0 aromatic rings. The summed E-state index contributed by atoms with van der Waals surface area (Å²) in [5, 5.41) is 0. The largest absolute Gasteiger partial charge is 0.502 e. The summed E-state index contributed by atoms with van der Waals surface area (Å²) in [5.41, 5.74) is 0. The normalized spacial score (nSPS) is 31.6. The summed E-state index contributed by atoms with van der Waals surface area (Å²) in [5.74, 6) is 0.899. The first-order chi connectivity index (χ1) is 6.75. The third kappa shape index (κ3) is 2.59. The lowest BCUT2D eigenvalue weighted by molar-refractivity contribution is 0.236. The van der Waals surface area contributed by atoms with Crippen molar-refractivity contribution in [1.82, 2.24) is 0 Å². The average molecular weight is 216 g/mol. The van der Waals surface area contributed by atoms with E-state index < -0.39 is 10.8 Å². The van der Waals surface area contributed by atoms with Crippen molar-refractivity contribution in [2.24, 2.45) is 0 Å². The Morgan fingerprint density at radius 1 is 1.64 bits per heavy atom. The fourth-order valence-corrected chi connectivity index (χ4v) is 4.08. The molecule has 1 rings (SSSR count). The molecule has 2 nitrogen and oxygen atoms in total. The van der Waals surface area contributed by atoms with Gasteiger partial charge in [0.15, 0.2) is 0 Å². The molecule has 0 bridgehead atoms. The number of ether oxygens (including phenoxy) is 1. The minimum absolute atomic E-state index is 0.102. The Morgan fingerprint density at radius 3 is 2.93 bits per heavy atom. The Bertz CT molecular complexity index is 215. The van der Waals surface area contributed by atoms with Crippen molar-refractivity contribution in [2.75, 3.05) is 12.4 Å². The predicted octanol–water partition coefficient (Wildman–Crippen LogP) is 2.62. The van der Waals surface area contributed by atoms with Crippen molar-refractivity contribution >= 4 is 10.8 Å². The number of rotatable bonds is 6. The molecule has 14 heavy (non-hydrogen) atoms. The summed E-state index contributed by atoms with van der Waals surface area (Å²) in [7, 11) is -0.606. The molecular weight excluding hydrogens is 196 g/mol. The standard InChI is InChI=1S/C11H20O2S/c1-3-11(7-5-9-13-4-2)8-6-10-14(11)12/h4H,2-3,5-10H2,1H3. The number of hydrogen-bond acceptors (Lipinski definition) is 2. The van der Waals surface area contributed by atoms with Gasteiger partial charge in [-0.3, -0.25) is 4.21 Å². The van der Waals surface area contributed by atoms with Gasteiger partial charge in [0, 0.05) is 21.3 Å². The topological polar surface area (TPSA) is 26.3 Å². The van der Waals surface area contributed by atoms with Crippen LogP contribution in [-0.2, 0) is 15.5 Å². The molecule has 1 saturated heterocycles. The highest BCUT2D eigenvalue weighted by Crippen LogP contribution is 2.36. The molecule has 2 unspecified atom stereocenters. The Labute approximate surface area is 89.2 Å². The van der Waals surface area contributed by atoms with Crippen molar-refractivity contribution in [3.63, 3.8) is 0 Å². The maximum Gasteiger partial charge on any atom is 0.0873 e. The van der Waals surface area contributed by atoms with E-state index in [9.17, 15) is 4.21 Å². The lowest BCUT2D eigenvalue weighted by Gasteiger charge is -2.25. The zero-order valence-electron chi connectivity index (χ0n) is 8.96. The lowest BCUT2D eigenvalue weighted by atomic mass is 9.95. The molecule has 82 valence electrons. The molecule has 0 aliphatic carbocycles. The summed E-state index contributed by atoms with van der Waals surface area (Å²) in [6, 6.07) is 0. The van der Waals surface area contributed by atoms with Crippen LogP contribution in [-0.4, -0.2) is 21.3 Å².